The van der Waals surface area contributed by atoms with Gasteiger partial charge in [-0.1, -0.05) is 0 Å². The fourth-order valence-corrected chi connectivity index (χ4v) is 3.44. The SMILES string of the molecule is COc1ccc2cc(C(=O)N3CCN(CC(=O)NC(C)C)CC3)c(C)nc2c1. The fraction of sp³-hybridized carbons (Fsp3) is 0.476. The topological polar surface area (TPSA) is 74.8 Å². The first-order chi connectivity index (χ1) is 13.4. The molecule has 2 amide bonds. The van der Waals surface area contributed by atoms with Crippen LogP contribution in [0.3, 0.4) is 0 Å². The number of carbonyl (C=O) groups excluding carboxylic acids is 2. The number of benzene rings is 1. The average molecular weight is 384 g/mol. The summed E-state index contributed by atoms with van der Waals surface area (Å²) in [7, 11) is 1.62. The lowest BCUT2D eigenvalue weighted by molar-refractivity contribution is -0.123. The summed E-state index contributed by atoms with van der Waals surface area (Å²) in [6, 6.07) is 7.70. The van der Waals surface area contributed by atoms with Crippen molar-refractivity contribution >= 4 is 22.7 Å². The number of fused-ring (bicyclic) bond motifs is 1. The van der Waals surface area contributed by atoms with Crippen LogP contribution in [0.25, 0.3) is 10.9 Å². The first-order valence-corrected chi connectivity index (χ1v) is 9.63. The number of carbonyl (C=O) groups is 2. The van der Waals surface area contributed by atoms with Crippen LogP contribution in [0.1, 0.15) is 29.9 Å². The van der Waals surface area contributed by atoms with Gasteiger partial charge in [-0.3, -0.25) is 19.5 Å². The molecule has 3 rings (SSSR count). The number of nitrogens with zero attached hydrogens (tertiary/aromatic N) is 3. The Balaban J connectivity index is 1.66. The van der Waals surface area contributed by atoms with Gasteiger partial charge in [-0.15, -0.1) is 0 Å². The van der Waals surface area contributed by atoms with E-state index in [2.05, 4.69) is 15.2 Å². The minimum Gasteiger partial charge on any atom is -0.497 e. The molecule has 1 aromatic heterocycles. The van der Waals surface area contributed by atoms with Gasteiger partial charge < -0.3 is 15.0 Å². The highest BCUT2D eigenvalue weighted by Crippen LogP contribution is 2.22. The number of hydrogen-bond acceptors (Lipinski definition) is 5. The van der Waals surface area contributed by atoms with E-state index in [1.54, 1.807) is 7.11 Å². The third kappa shape index (κ3) is 4.59. The molecule has 0 unspecified atom stereocenters. The first kappa shape index (κ1) is 20.1. The minimum atomic E-state index is -0.00556. The van der Waals surface area contributed by atoms with Gasteiger partial charge in [-0.25, -0.2) is 0 Å². The van der Waals surface area contributed by atoms with Crippen LogP contribution in [0.15, 0.2) is 24.3 Å². The summed E-state index contributed by atoms with van der Waals surface area (Å²) in [6.45, 7) is 8.72. The third-order valence-corrected chi connectivity index (χ3v) is 4.92. The van der Waals surface area contributed by atoms with E-state index in [9.17, 15) is 9.59 Å². The Hall–Kier alpha value is -2.67. The summed E-state index contributed by atoms with van der Waals surface area (Å²) < 4.78 is 5.25. The summed E-state index contributed by atoms with van der Waals surface area (Å²) in [6.07, 6.45) is 0. The van der Waals surface area contributed by atoms with Crippen LogP contribution in [0.5, 0.6) is 5.75 Å². The Morgan fingerprint density at radius 2 is 1.89 bits per heavy atom. The van der Waals surface area contributed by atoms with Crippen molar-refractivity contribution in [3.63, 3.8) is 0 Å². The second kappa shape index (κ2) is 8.56. The van der Waals surface area contributed by atoms with E-state index in [-0.39, 0.29) is 17.9 Å². The van der Waals surface area contributed by atoms with Gasteiger partial charge in [0.1, 0.15) is 5.75 Å². The van der Waals surface area contributed by atoms with Crippen LogP contribution in [-0.4, -0.2) is 72.5 Å². The average Bonchev–Trinajstić information content (AvgIpc) is 2.66. The van der Waals surface area contributed by atoms with Gasteiger partial charge in [0, 0.05) is 43.7 Å². The van der Waals surface area contributed by atoms with Gasteiger partial charge in [0.05, 0.1) is 30.4 Å². The van der Waals surface area contributed by atoms with Crippen LogP contribution in [-0.2, 0) is 4.79 Å². The van der Waals surface area contributed by atoms with Gasteiger partial charge in [-0.05, 0) is 39.0 Å². The molecule has 150 valence electrons. The van der Waals surface area contributed by atoms with Crippen molar-refractivity contribution in [2.24, 2.45) is 0 Å². The predicted molar refractivity (Wildman–Crippen MR) is 109 cm³/mol. The van der Waals surface area contributed by atoms with E-state index in [1.807, 2.05) is 49.9 Å². The molecule has 1 aromatic carbocycles. The van der Waals surface area contributed by atoms with E-state index < -0.39 is 0 Å². The van der Waals surface area contributed by atoms with Crippen molar-refractivity contribution in [1.29, 1.82) is 0 Å². The maximum absolute atomic E-state index is 13.0. The lowest BCUT2D eigenvalue weighted by Crippen LogP contribution is -2.51. The summed E-state index contributed by atoms with van der Waals surface area (Å²) in [5, 5.41) is 3.82. The van der Waals surface area contributed by atoms with Crippen molar-refractivity contribution < 1.29 is 14.3 Å². The summed E-state index contributed by atoms with van der Waals surface area (Å²) in [5.41, 5.74) is 2.16. The van der Waals surface area contributed by atoms with E-state index in [0.717, 1.165) is 16.7 Å². The van der Waals surface area contributed by atoms with Crippen LogP contribution in [0.2, 0.25) is 0 Å². The molecule has 0 bridgehead atoms. The molecular formula is C21H28N4O3. The van der Waals surface area contributed by atoms with E-state index in [4.69, 9.17) is 4.74 Å². The number of pyridine rings is 1. The molecule has 7 nitrogen and oxygen atoms in total. The maximum atomic E-state index is 13.0. The molecule has 28 heavy (non-hydrogen) atoms. The molecule has 2 aromatic rings. The van der Waals surface area contributed by atoms with Crippen molar-refractivity contribution in [2.45, 2.75) is 26.8 Å². The van der Waals surface area contributed by atoms with E-state index in [1.165, 1.54) is 0 Å². The molecule has 1 saturated heterocycles. The van der Waals surface area contributed by atoms with Crippen molar-refractivity contribution in [1.82, 2.24) is 20.1 Å². The Labute approximate surface area is 165 Å². The van der Waals surface area contributed by atoms with Gasteiger partial charge >= 0.3 is 0 Å². The summed E-state index contributed by atoms with van der Waals surface area (Å²) in [4.78, 5) is 33.5. The Morgan fingerprint density at radius 1 is 1.18 bits per heavy atom. The molecule has 0 radical (unpaired) electrons. The minimum absolute atomic E-state index is 0.00556. The highest BCUT2D eigenvalue weighted by atomic mass is 16.5. The lowest BCUT2D eigenvalue weighted by Gasteiger charge is -2.34. The molecule has 0 spiro atoms. The second-order valence-electron chi connectivity index (χ2n) is 7.47. The molecule has 2 heterocycles. The summed E-state index contributed by atoms with van der Waals surface area (Å²) in [5.74, 6) is 0.768. The molecule has 1 aliphatic heterocycles. The smallest absolute Gasteiger partial charge is 0.255 e. The monoisotopic (exact) mass is 384 g/mol. The predicted octanol–water partition coefficient (Wildman–Crippen LogP) is 1.83. The highest BCUT2D eigenvalue weighted by Gasteiger charge is 2.25. The maximum Gasteiger partial charge on any atom is 0.255 e. The van der Waals surface area contributed by atoms with Gasteiger partial charge in [0.25, 0.3) is 5.91 Å². The largest absolute Gasteiger partial charge is 0.497 e. The second-order valence-corrected chi connectivity index (χ2v) is 7.47. The number of nitrogens with one attached hydrogen (secondary N) is 1. The van der Waals surface area contributed by atoms with E-state index >= 15 is 0 Å². The van der Waals surface area contributed by atoms with Gasteiger partial charge in [-0.2, -0.15) is 0 Å². The molecule has 1 N–H and O–H groups in total. The Bertz CT molecular complexity index is 873. The first-order valence-electron chi connectivity index (χ1n) is 9.63. The molecule has 7 heteroatoms. The zero-order valence-corrected chi connectivity index (χ0v) is 17.0. The highest BCUT2D eigenvalue weighted by molar-refractivity contribution is 5.98. The van der Waals surface area contributed by atoms with E-state index in [0.29, 0.717) is 44.0 Å². The van der Waals surface area contributed by atoms with Gasteiger partial charge in [0.15, 0.2) is 0 Å². The van der Waals surface area contributed by atoms with Crippen molar-refractivity contribution in [3.05, 3.63) is 35.5 Å². The van der Waals surface area contributed by atoms with Crippen LogP contribution < -0.4 is 10.1 Å². The summed E-state index contributed by atoms with van der Waals surface area (Å²) >= 11 is 0. The number of amides is 2. The molecular weight excluding hydrogens is 356 g/mol. The number of ether oxygens (including phenoxy) is 1. The Morgan fingerprint density at radius 3 is 2.54 bits per heavy atom. The number of aryl methyl sites for hydroxylation is 1. The number of hydrogen-bond donors (Lipinski definition) is 1. The quantitative estimate of drug-likeness (QED) is 0.851. The molecule has 1 aliphatic rings. The molecule has 0 saturated carbocycles. The normalized spacial score (nSPS) is 15.1. The molecule has 1 fully saturated rings. The standard InChI is InChI=1S/C21H28N4O3/c1-14(2)22-20(26)13-24-7-9-25(10-8-24)21(27)18-11-16-5-6-17(28-4)12-19(16)23-15(18)3/h5-6,11-12,14H,7-10,13H2,1-4H3,(H,22,26). The number of piperazine rings is 1. The van der Waals surface area contributed by atoms with Crippen molar-refractivity contribution in [3.8, 4) is 5.75 Å². The van der Waals surface area contributed by atoms with Crippen LogP contribution >= 0.6 is 0 Å². The molecule has 0 aliphatic carbocycles. The number of rotatable bonds is 5. The fourth-order valence-electron chi connectivity index (χ4n) is 3.44. The zero-order chi connectivity index (χ0) is 20.3. The third-order valence-electron chi connectivity index (χ3n) is 4.92. The zero-order valence-electron chi connectivity index (χ0n) is 17.0. The Kier molecular flexibility index (Phi) is 6.14. The van der Waals surface area contributed by atoms with Crippen molar-refractivity contribution in [2.75, 3.05) is 39.8 Å². The van der Waals surface area contributed by atoms with Crippen LogP contribution in [0, 0.1) is 6.92 Å². The number of aromatic nitrogens is 1. The van der Waals surface area contributed by atoms with Crippen LogP contribution in [0.4, 0.5) is 0 Å². The lowest BCUT2D eigenvalue weighted by atomic mass is 10.1. The van der Waals surface area contributed by atoms with Gasteiger partial charge in [0.2, 0.25) is 5.91 Å². The molecule has 0 atom stereocenters. The number of methoxy groups -OCH3 is 1.